The minimum absolute atomic E-state index is 0.157. The number of halogens is 1. The number of imidazole rings is 1. The van der Waals surface area contributed by atoms with E-state index in [4.69, 9.17) is 18.9 Å². The molecule has 6 aromatic rings. The van der Waals surface area contributed by atoms with E-state index in [-0.39, 0.29) is 22.9 Å². The summed E-state index contributed by atoms with van der Waals surface area (Å²) in [4.78, 5) is 25.9. The number of aliphatic hydroxyl groups is 1. The molecule has 254 valence electrons. The van der Waals surface area contributed by atoms with Gasteiger partial charge in [0.1, 0.15) is 35.6 Å². The Morgan fingerprint density at radius 3 is 2.00 bits per heavy atom. The lowest BCUT2D eigenvalue weighted by atomic mass is 9.79. The molecule has 4 atom stereocenters. The zero-order valence-electron chi connectivity index (χ0n) is 27.2. The van der Waals surface area contributed by atoms with E-state index in [1.807, 2.05) is 84.9 Å². The molecule has 7 rings (SSSR count). The van der Waals surface area contributed by atoms with Crippen LogP contribution >= 0.6 is 0 Å². The fourth-order valence-electron chi connectivity index (χ4n) is 6.34. The van der Waals surface area contributed by atoms with Crippen LogP contribution in [0.3, 0.4) is 0 Å². The van der Waals surface area contributed by atoms with Gasteiger partial charge in [-0.1, -0.05) is 72.8 Å². The largest absolute Gasteiger partial charge is 0.497 e. The van der Waals surface area contributed by atoms with Crippen molar-refractivity contribution in [3.63, 3.8) is 0 Å². The first-order chi connectivity index (χ1) is 24.5. The molecule has 0 saturated carbocycles. The number of ether oxygens (including phenoxy) is 4. The second-order valence-electron chi connectivity index (χ2n) is 11.6. The van der Waals surface area contributed by atoms with Crippen molar-refractivity contribution in [3.8, 4) is 11.5 Å². The Hall–Kier alpha value is -5.69. The lowest BCUT2D eigenvalue weighted by Gasteiger charge is -2.39. The van der Waals surface area contributed by atoms with Crippen LogP contribution in [0.1, 0.15) is 33.3 Å². The second kappa shape index (κ2) is 14.0. The number of carbonyl (C=O) groups is 1. The van der Waals surface area contributed by atoms with Crippen LogP contribution in [0, 0.1) is 0 Å². The summed E-state index contributed by atoms with van der Waals surface area (Å²) in [6.07, 6.45) is -2.80. The van der Waals surface area contributed by atoms with Crippen molar-refractivity contribution in [2.24, 2.45) is 0 Å². The number of aromatic nitrogens is 4. The number of nitrogens with one attached hydrogen (secondary N) is 1. The van der Waals surface area contributed by atoms with E-state index in [0.717, 1.165) is 5.56 Å². The van der Waals surface area contributed by atoms with Crippen LogP contribution in [-0.2, 0) is 15.1 Å². The van der Waals surface area contributed by atoms with E-state index in [0.29, 0.717) is 28.2 Å². The molecule has 1 amide bonds. The highest BCUT2D eigenvalue weighted by Crippen LogP contribution is 2.46. The molecule has 1 saturated heterocycles. The van der Waals surface area contributed by atoms with Crippen molar-refractivity contribution in [2.45, 2.75) is 30.2 Å². The zero-order valence-corrected chi connectivity index (χ0v) is 27.2. The number of hydrogen-bond donors (Lipinski definition) is 2. The number of hydrogen-bond acceptors (Lipinski definition) is 9. The van der Waals surface area contributed by atoms with Crippen LogP contribution in [0.25, 0.3) is 11.2 Å². The maximum absolute atomic E-state index is 17.1. The van der Waals surface area contributed by atoms with Gasteiger partial charge in [0.05, 0.1) is 27.2 Å². The van der Waals surface area contributed by atoms with E-state index < -0.39 is 36.8 Å². The average molecular weight is 676 g/mol. The number of methoxy groups -OCH3 is 2. The van der Waals surface area contributed by atoms with Crippen LogP contribution in [-0.4, -0.2) is 69.7 Å². The van der Waals surface area contributed by atoms with Crippen LogP contribution < -0.4 is 14.8 Å². The third-order valence-electron chi connectivity index (χ3n) is 8.83. The van der Waals surface area contributed by atoms with Gasteiger partial charge in [-0.25, -0.2) is 19.3 Å². The Morgan fingerprint density at radius 2 is 1.42 bits per heavy atom. The lowest BCUT2D eigenvalue weighted by Crippen LogP contribution is -2.44. The van der Waals surface area contributed by atoms with E-state index >= 15 is 4.39 Å². The zero-order chi connectivity index (χ0) is 34.7. The Balaban J connectivity index is 1.29. The van der Waals surface area contributed by atoms with Crippen LogP contribution in [0.15, 0.2) is 122 Å². The van der Waals surface area contributed by atoms with Gasteiger partial charge in [0.15, 0.2) is 29.4 Å². The molecule has 0 aliphatic carbocycles. The molecular weight excluding hydrogens is 641 g/mol. The number of carbonyl (C=O) groups excluding carboxylic acids is 1. The molecule has 1 fully saturated rings. The minimum Gasteiger partial charge on any atom is -0.497 e. The molecule has 3 heterocycles. The Bertz CT molecular complexity index is 2010. The van der Waals surface area contributed by atoms with Crippen molar-refractivity contribution in [2.75, 3.05) is 26.1 Å². The number of amides is 1. The molecule has 1 unspecified atom stereocenters. The SMILES string of the molecule is COc1ccc(C(O[C@@H]2C(F)[C@H](n3cnc4c(NC(=O)c5ccccc5)ncnc43)O[C@@H]2CO)(c2ccccc2)c2ccc(OC)cc2)cc1. The highest BCUT2D eigenvalue weighted by molar-refractivity contribution is 6.06. The molecule has 0 bridgehead atoms. The van der Waals surface area contributed by atoms with E-state index in [1.54, 1.807) is 38.5 Å². The number of nitrogens with zero attached hydrogens (tertiary/aromatic N) is 4. The van der Waals surface area contributed by atoms with Gasteiger partial charge in [0.2, 0.25) is 0 Å². The maximum Gasteiger partial charge on any atom is 0.256 e. The predicted octanol–water partition coefficient (Wildman–Crippen LogP) is 5.70. The van der Waals surface area contributed by atoms with Crippen LogP contribution in [0.4, 0.5) is 10.2 Å². The summed E-state index contributed by atoms with van der Waals surface area (Å²) >= 11 is 0. The van der Waals surface area contributed by atoms with E-state index in [9.17, 15) is 9.90 Å². The number of fused-ring (bicyclic) bond motifs is 1. The summed E-state index contributed by atoms with van der Waals surface area (Å²) in [6, 6.07) is 32.9. The quantitative estimate of drug-likeness (QED) is 0.166. The first-order valence-electron chi connectivity index (χ1n) is 15.9. The molecule has 0 spiro atoms. The summed E-state index contributed by atoms with van der Waals surface area (Å²) in [5.74, 6) is 1.05. The fraction of sp³-hybridized carbons (Fsp3) is 0.211. The first kappa shape index (κ1) is 32.8. The summed E-state index contributed by atoms with van der Waals surface area (Å²) in [5, 5.41) is 13.3. The molecule has 1 aliphatic heterocycles. The molecular formula is C38H34FN5O6. The van der Waals surface area contributed by atoms with Gasteiger partial charge in [0.25, 0.3) is 5.91 Å². The van der Waals surface area contributed by atoms with Gasteiger partial charge in [0, 0.05) is 5.56 Å². The molecule has 11 nitrogen and oxygen atoms in total. The molecule has 0 radical (unpaired) electrons. The highest BCUT2D eigenvalue weighted by atomic mass is 19.1. The normalized spacial score (nSPS) is 19.0. The number of anilines is 1. The molecule has 50 heavy (non-hydrogen) atoms. The van der Waals surface area contributed by atoms with Crippen LogP contribution in [0.5, 0.6) is 11.5 Å². The predicted molar refractivity (Wildman–Crippen MR) is 183 cm³/mol. The van der Waals surface area contributed by atoms with Crippen molar-refractivity contribution < 1.29 is 33.2 Å². The van der Waals surface area contributed by atoms with Crippen molar-refractivity contribution in [1.82, 2.24) is 19.5 Å². The summed E-state index contributed by atoms with van der Waals surface area (Å²) in [7, 11) is 3.17. The summed E-state index contributed by atoms with van der Waals surface area (Å²) in [6.45, 7) is -0.530. The van der Waals surface area contributed by atoms with Gasteiger partial charge in [-0.15, -0.1) is 0 Å². The van der Waals surface area contributed by atoms with Gasteiger partial charge in [-0.3, -0.25) is 9.36 Å². The lowest BCUT2D eigenvalue weighted by molar-refractivity contribution is -0.104. The van der Waals surface area contributed by atoms with Gasteiger partial charge in [-0.05, 0) is 53.1 Å². The Labute approximate surface area is 287 Å². The maximum atomic E-state index is 17.1. The third kappa shape index (κ3) is 5.93. The average Bonchev–Trinajstić information content (AvgIpc) is 3.75. The molecule has 1 aliphatic rings. The highest BCUT2D eigenvalue weighted by Gasteiger charge is 2.52. The van der Waals surface area contributed by atoms with Crippen LogP contribution in [0.2, 0.25) is 0 Å². The second-order valence-corrected chi connectivity index (χ2v) is 11.6. The number of aliphatic hydroxyl groups excluding tert-OH is 1. The topological polar surface area (TPSA) is 130 Å². The molecule has 4 aromatic carbocycles. The van der Waals surface area contributed by atoms with Gasteiger partial charge in [-0.2, -0.15) is 0 Å². The summed E-state index contributed by atoms with van der Waals surface area (Å²) < 4.78 is 42.6. The summed E-state index contributed by atoms with van der Waals surface area (Å²) in [5.41, 5.74) is 1.66. The smallest absolute Gasteiger partial charge is 0.256 e. The Morgan fingerprint density at radius 1 is 0.840 bits per heavy atom. The van der Waals surface area contributed by atoms with Gasteiger partial charge < -0.3 is 29.4 Å². The fourth-order valence-corrected chi connectivity index (χ4v) is 6.34. The van der Waals surface area contributed by atoms with E-state index in [2.05, 4.69) is 20.3 Å². The van der Waals surface area contributed by atoms with E-state index in [1.165, 1.54) is 17.2 Å². The Kier molecular flexibility index (Phi) is 9.22. The van der Waals surface area contributed by atoms with Gasteiger partial charge >= 0.3 is 0 Å². The first-order valence-corrected chi connectivity index (χ1v) is 15.9. The molecule has 12 heteroatoms. The van der Waals surface area contributed by atoms with Crippen molar-refractivity contribution in [3.05, 3.63) is 144 Å². The van der Waals surface area contributed by atoms with Crippen molar-refractivity contribution in [1.29, 1.82) is 0 Å². The standard InChI is InChI=1S/C38H34FN5O6/c1-47-28-17-13-26(14-18-28)38(25-11-7-4-8-12-25,27-15-19-29(48-2)20-16-27)50-33-30(21-45)49-37(31(33)39)44-23-42-32-34(40-22-41-35(32)44)43-36(46)24-9-5-3-6-10-24/h3-20,22-23,30-31,33,37,45H,21H2,1-2H3,(H,40,41,43,46)/t30-,31?,33+,37-/m1/s1. The third-order valence-corrected chi connectivity index (χ3v) is 8.83. The molecule has 2 N–H and O–H groups in total. The monoisotopic (exact) mass is 675 g/mol. The number of rotatable bonds is 11. The molecule has 2 aromatic heterocycles. The number of benzene rings is 4. The van der Waals surface area contributed by atoms with Crippen molar-refractivity contribution >= 4 is 22.9 Å². The minimum atomic E-state index is -1.80. The number of alkyl halides is 1.